The van der Waals surface area contributed by atoms with E-state index in [1.54, 1.807) is 24.0 Å². The van der Waals surface area contributed by atoms with Crippen molar-refractivity contribution in [1.29, 1.82) is 0 Å². The number of imidazole rings is 1. The van der Waals surface area contributed by atoms with Gasteiger partial charge in [-0.15, -0.1) is 0 Å². The second kappa shape index (κ2) is 7.23. The van der Waals surface area contributed by atoms with Crippen molar-refractivity contribution in [2.45, 2.75) is 36.2 Å². The minimum Gasteiger partial charge on any atom is -0.455 e. The molecule has 1 aliphatic heterocycles. The SMILES string of the molecule is Cn1ccnc1SCc1ccc(C(=O)N2CCCCC2CN)o1. The van der Waals surface area contributed by atoms with Crippen LogP contribution in [0, 0.1) is 0 Å². The van der Waals surface area contributed by atoms with E-state index in [0.717, 1.165) is 36.7 Å². The summed E-state index contributed by atoms with van der Waals surface area (Å²) in [5.74, 6) is 1.79. The maximum atomic E-state index is 12.6. The van der Waals surface area contributed by atoms with Crippen LogP contribution in [0.4, 0.5) is 0 Å². The molecule has 2 N–H and O–H groups in total. The number of thioether (sulfide) groups is 1. The van der Waals surface area contributed by atoms with Gasteiger partial charge in [-0.1, -0.05) is 11.8 Å². The smallest absolute Gasteiger partial charge is 0.289 e. The largest absolute Gasteiger partial charge is 0.455 e. The van der Waals surface area contributed by atoms with Gasteiger partial charge >= 0.3 is 0 Å². The molecule has 1 aliphatic rings. The molecule has 124 valence electrons. The van der Waals surface area contributed by atoms with E-state index >= 15 is 0 Å². The minimum atomic E-state index is -0.0478. The molecule has 0 saturated carbocycles. The van der Waals surface area contributed by atoms with Crippen LogP contribution in [0.3, 0.4) is 0 Å². The van der Waals surface area contributed by atoms with Gasteiger partial charge < -0.3 is 19.6 Å². The first kappa shape index (κ1) is 16.1. The number of amides is 1. The van der Waals surface area contributed by atoms with Gasteiger partial charge in [0.2, 0.25) is 0 Å². The monoisotopic (exact) mass is 334 g/mol. The molecule has 23 heavy (non-hydrogen) atoms. The molecule has 2 aromatic rings. The van der Waals surface area contributed by atoms with Gasteiger partial charge in [-0.2, -0.15) is 0 Å². The highest BCUT2D eigenvalue weighted by atomic mass is 32.2. The van der Waals surface area contributed by atoms with Crippen LogP contribution in [-0.2, 0) is 12.8 Å². The Morgan fingerprint density at radius 1 is 1.48 bits per heavy atom. The lowest BCUT2D eigenvalue weighted by Crippen LogP contribution is -2.47. The van der Waals surface area contributed by atoms with Crippen LogP contribution >= 0.6 is 11.8 Å². The second-order valence-electron chi connectivity index (χ2n) is 5.76. The molecule has 0 spiro atoms. The number of furan rings is 1. The summed E-state index contributed by atoms with van der Waals surface area (Å²) in [6.07, 6.45) is 6.82. The summed E-state index contributed by atoms with van der Waals surface area (Å²) in [5.41, 5.74) is 5.79. The summed E-state index contributed by atoms with van der Waals surface area (Å²) >= 11 is 1.59. The molecular weight excluding hydrogens is 312 g/mol. The van der Waals surface area contributed by atoms with E-state index < -0.39 is 0 Å². The lowest BCUT2D eigenvalue weighted by Gasteiger charge is -2.34. The number of aryl methyl sites for hydroxylation is 1. The Morgan fingerprint density at radius 2 is 2.35 bits per heavy atom. The first-order valence-electron chi connectivity index (χ1n) is 7.89. The van der Waals surface area contributed by atoms with Crippen LogP contribution < -0.4 is 5.73 Å². The first-order valence-corrected chi connectivity index (χ1v) is 8.87. The summed E-state index contributed by atoms with van der Waals surface area (Å²) in [6, 6.07) is 3.76. The number of hydrogen-bond acceptors (Lipinski definition) is 5. The van der Waals surface area contributed by atoms with Gasteiger partial charge in [0.1, 0.15) is 5.76 Å². The Morgan fingerprint density at radius 3 is 3.09 bits per heavy atom. The average Bonchev–Trinajstić information content (AvgIpc) is 3.21. The zero-order valence-corrected chi connectivity index (χ0v) is 14.1. The van der Waals surface area contributed by atoms with E-state index in [-0.39, 0.29) is 11.9 Å². The number of hydrogen-bond donors (Lipinski definition) is 1. The molecule has 1 amide bonds. The van der Waals surface area contributed by atoms with Gasteiger partial charge in [0.15, 0.2) is 10.9 Å². The van der Waals surface area contributed by atoms with Crippen molar-refractivity contribution in [1.82, 2.24) is 14.5 Å². The predicted molar refractivity (Wildman–Crippen MR) is 89.2 cm³/mol. The van der Waals surface area contributed by atoms with Crippen LogP contribution in [0.25, 0.3) is 0 Å². The molecule has 3 rings (SSSR count). The number of carbonyl (C=O) groups excluding carboxylic acids is 1. The van der Waals surface area contributed by atoms with E-state index in [1.807, 2.05) is 28.8 Å². The number of carbonyl (C=O) groups is 1. The van der Waals surface area contributed by atoms with Crippen LogP contribution in [0.15, 0.2) is 34.1 Å². The van der Waals surface area contributed by atoms with Crippen molar-refractivity contribution < 1.29 is 9.21 Å². The van der Waals surface area contributed by atoms with Crippen molar-refractivity contribution in [2.75, 3.05) is 13.1 Å². The second-order valence-corrected chi connectivity index (χ2v) is 6.70. The number of aromatic nitrogens is 2. The van der Waals surface area contributed by atoms with Gasteiger partial charge in [-0.05, 0) is 31.4 Å². The quantitative estimate of drug-likeness (QED) is 0.849. The molecule has 1 unspecified atom stereocenters. The summed E-state index contributed by atoms with van der Waals surface area (Å²) in [5, 5.41) is 0.925. The van der Waals surface area contributed by atoms with Gasteiger partial charge in [0.05, 0.1) is 5.75 Å². The molecule has 1 saturated heterocycles. The third kappa shape index (κ3) is 3.61. The van der Waals surface area contributed by atoms with E-state index in [1.165, 1.54) is 0 Å². The van der Waals surface area contributed by atoms with Crippen molar-refractivity contribution in [3.63, 3.8) is 0 Å². The number of nitrogens with two attached hydrogens (primary N) is 1. The highest BCUT2D eigenvalue weighted by Gasteiger charge is 2.28. The topological polar surface area (TPSA) is 77.3 Å². The van der Waals surface area contributed by atoms with E-state index in [9.17, 15) is 4.79 Å². The molecule has 3 heterocycles. The van der Waals surface area contributed by atoms with Gasteiger partial charge in [-0.25, -0.2) is 4.98 Å². The van der Waals surface area contributed by atoms with Gasteiger partial charge in [-0.3, -0.25) is 4.79 Å². The summed E-state index contributed by atoms with van der Waals surface area (Å²) in [6.45, 7) is 1.27. The lowest BCUT2D eigenvalue weighted by atomic mass is 10.0. The summed E-state index contributed by atoms with van der Waals surface area (Å²) in [4.78, 5) is 18.7. The minimum absolute atomic E-state index is 0.0478. The van der Waals surface area contributed by atoms with Gasteiger partial charge in [0.25, 0.3) is 5.91 Å². The zero-order chi connectivity index (χ0) is 16.2. The van der Waals surface area contributed by atoms with E-state index in [4.69, 9.17) is 10.2 Å². The molecular formula is C16H22N4O2S. The maximum absolute atomic E-state index is 12.6. The Bertz CT molecular complexity index is 667. The molecule has 0 radical (unpaired) electrons. The molecule has 6 nitrogen and oxygen atoms in total. The molecule has 1 fully saturated rings. The van der Waals surface area contributed by atoms with E-state index in [0.29, 0.717) is 18.1 Å². The number of piperidine rings is 1. The fourth-order valence-electron chi connectivity index (χ4n) is 2.85. The number of likely N-dealkylation sites (tertiary alicyclic amines) is 1. The van der Waals surface area contributed by atoms with E-state index in [2.05, 4.69) is 4.98 Å². The van der Waals surface area contributed by atoms with Crippen LogP contribution in [-0.4, -0.2) is 39.5 Å². The third-order valence-electron chi connectivity index (χ3n) is 4.15. The Hall–Kier alpha value is -1.73. The lowest BCUT2D eigenvalue weighted by molar-refractivity contribution is 0.0589. The fourth-order valence-corrected chi connectivity index (χ4v) is 3.68. The normalized spacial score (nSPS) is 18.3. The van der Waals surface area contributed by atoms with Crippen LogP contribution in [0.5, 0.6) is 0 Å². The number of rotatable bonds is 5. The fraction of sp³-hybridized carbons (Fsp3) is 0.500. The molecule has 0 bridgehead atoms. The van der Waals surface area contributed by atoms with Gasteiger partial charge in [0, 0.05) is 38.6 Å². The van der Waals surface area contributed by atoms with Crippen molar-refractivity contribution in [2.24, 2.45) is 12.8 Å². The highest BCUT2D eigenvalue weighted by Crippen LogP contribution is 2.24. The molecule has 1 atom stereocenters. The highest BCUT2D eigenvalue weighted by molar-refractivity contribution is 7.98. The van der Waals surface area contributed by atoms with Crippen LogP contribution in [0.1, 0.15) is 35.6 Å². The molecule has 0 aliphatic carbocycles. The molecule has 7 heteroatoms. The summed E-state index contributed by atoms with van der Waals surface area (Å²) < 4.78 is 7.70. The molecule has 0 aromatic carbocycles. The Labute approximate surface area is 140 Å². The van der Waals surface area contributed by atoms with Crippen molar-refractivity contribution in [3.05, 3.63) is 36.0 Å². The van der Waals surface area contributed by atoms with Crippen molar-refractivity contribution >= 4 is 17.7 Å². The van der Waals surface area contributed by atoms with Crippen LogP contribution in [0.2, 0.25) is 0 Å². The standard InChI is InChI=1S/C16H22N4O2S/c1-19-9-7-18-16(19)23-11-13-5-6-14(22-13)15(21)20-8-3-2-4-12(20)10-17/h5-7,9,12H,2-4,8,10-11,17H2,1H3. The average molecular weight is 334 g/mol. The predicted octanol–water partition coefficient (Wildman–Crippen LogP) is 2.26. The summed E-state index contributed by atoms with van der Waals surface area (Å²) in [7, 11) is 1.95. The third-order valence-corrected chi connectivity index (χ3v) is 5.23. The Balaban J connectivity index is 1.64. The molecule has 2 aromatic heterocycles. The van der Waals surface area contributed by atoms with Crippen molar-refractivity contribution in [3.8, 4) is 0 Å². The Kier molecular flexibility index (Phi) is 5.07. The maximum Gasteiger partial charge on any atom is 0.289 e. The number of nitrogens with zero attached hydrogens (tertiary/aromatic N) is 3. The zero-order valence-electron chi connectivity index (χ0n) is 13.3. The first-order chi connectivity index (χ1) is 11.2.